The molecule has 1 aliphatic rings. The number of carbonyl (C=O) groups excluding carboxylic acids is 1. The van der Waals surface area contributed by atoms with Gasteiger partial charge in [0.15, 0.2) is 11.7 Å². The molecule has 6 nitrogen and oxygen atoms in total. The average molecular weight is 276 g/mol. The normalized spacial score (nSPS) is 19.2. The van der Waals surface area contributed by atoms with E-state index >= 15 is 0 Å². The number of nitrogens with one attached hydrogen (secondary N) is 2. The van der Waals surface area contributed by atoms with Crippen LogP contribution in [0.3, 0.4) is 0 Å². The lowest BCUT2D eigenvalue weighted by molar-refractivity contribution is -0.123. The predicted octanol–water partition coefficient (Wildman–Crippen LogP) is 1.33. The van der Waals surface area contributed by atoms with Crippen LogP contribution < -0.4 is 11.1 Å². The number of benzene rings is 1. The van der Waals surface area contributed by atoms with Gasteiger partial charge in [-0.05, 0) is 23.6 Å². The summed E-state index contributed by atoms with van der Waals surface area (Å²) in [6.45, 7) is 4.54. The number of hydrogen-bond acceptors (Lipinski definition) is 4. The SMILES string of the molecule is CC(C)C(NC(=O)C1CO1)c1ccc2[nH]c(=O)oc2c1. The molecule has 2 atom stereocenters. The third-order valence-electron chi connectivity index (χ3n) is 3.39. The predicted molar refractivity (Wildman–Crippen MR) is 72.3 cm³/mol. The van der Waals surface area contributed by atoms with Crippen LogP contribution in [-0.2, 0) is 9.53 Å². The van der Waals surface area contributed by atoms with Gasteiger partial charge in [-0.3, -0.25) is 9.78 Å². The van der Waals surface area contributed by atoms with E-state index in [2.05, 4.69) is 10.3 Å². The van der Waals surface area contributed by atoms with Gasteiger partial charge in [-0.1, -0.05) is 19.9 Å². The van der Waals surface area contributed by atoms with E-state index in [9.17, 15) is 9.59 Å². The largest absolute Gasteiger partial charge is 0.417 e. The van der Waals surface area contributed by atoms with Crippen molar-refractivity contribution in [3.8, 4) is 0 Å². The van der Waals surface area contributed by atoms with Crippen LogP contribution in [0.4, 0.5) is 0 Å². The Hall–Kier alpha value is -2.08. The second kappa shape index (κ2) is 4.79. The molecule has 1 aromatic heterocycles. The number of rotatable bonds is 4. The number of amides is 1. The summed E-state index contributed by atoms with van der Waals surface area (Å²) in [5.74, 6) is -0.367. The summed E-state index contributed by atoms with van der Waals surface area (Å²) >= 11 is 0. The summed E-state index contributed by atoms with van der Waals surface area (Å²) in [6.07, 6.45) is -0.315. The molecule has 1 aromatic carbocycles. The molecule has 2 unspecified atom stereocenters. The van der Waals surface area contributed by atoms with Crippen molar-refractivity contribution in [2.24, 2.45) is 5.92 Å². The maximum absolute atomic E-state index is 11.8. The second-order valence-corrected chi connectivity index (χ2v) is 5.32. The summed E-state index contributed by atoms with van der Waals surface area (Å²) in [5, 5.41) is 2.97. The van der Waals surface area contributed by atoms with E-state index in [0.717, 1.165) is 5.56 Å². The Morgan fingerprint density at radius 1 is 1.45 bits per heavy atom. The molecule has 0 bridgehead atoms. The standard InChI is InChI=1S/C14H16N2O4/c1-7(2)12(16-13(17)11-6-19-11)8-3-4-9-10(5-8)20-14(18)15-9/h3-5,7,11-12H,6H2,1-2H3,(H,15,18)(H,16,17). The van der Waals surface area contributed by atoms with E-state index in [4.69, 9.17) is 9.15 Å². The molecule has 3 rings (SSSR count). The van der Waals surface area contributed by atoms with Crippen LogP contribution in [0.1, 0.15) is 25.5 Å². The molecule has 6 heteroatoms. The zero-order valence-corrected chi connectivity index (χ0v) is 11.3. The highest BCUT2D eigenvalue weighted by Gasteiger charge is 2.33. The number of ether oxygens (including phenoxy) is 1. The van der Waals surface area contributed by atoms with Gasteiger partial charge in [0.25, 0.3) is 5.91 Å². The highest BCUT2D eigenvalue weighted by molar-refractivity contribution is 5.83. The van der Waals surface area contributed by atoms with Crippen molar-refractivity contribution in [1.29, 1.82) is 0 Å². The topological polar surface area (TPSA) is 87.6 Å². The average Bonchev–Trinajstić information content (AvgIpc) is 3.16. The molecular formula is C14H16N2O4. The summed E-state index contributed by atoms with van der Waals surface area (Å²) in [4.78, 5) is 25.6. The van der Waals surface area contributed by atoms with Gasteiger partial charge in [0, 0.05) is 0 Å². The maximum Gasteiger partial charge on any atom is 0.417 e. The number of epoxide rings is 1. The van der Waals surface area contributed by atoms with Gasteiger partial charge in [-0.25, -0.2) is 4.79 Å². The summed E-state index contributed by atoms with van der Waals surface area (Å²) in [7, 11) is 0. The first kappa shape index (κ1) is 12.9. The van der Waals surface area contributed by atoms with Crippen molar-refractivity contribution in [2.45, 2.75) is 26.0 Å². The van der Waals surface area contributed by atoms with Gasteiger partial charge in [0.1, 0.15) is 0 Å². The molecule has 0 radical (unpaired) electrons. The van der Waals surface area contributed by atoms with E-state index in [1.165, 1.54) is 0 Å². The fraction of sp³-hybridized carbons (Fsp3) is 0.429. The minimum absolute atomic E-state index is 0.0979. The van der Waals surface area contributed by atoms with E-state index in [1.54, 1.807) is 12.1 Å². The molecule has 2 aromatic rings. The first-order valence-electron chi connectivity index (χ1n) is 6.59. The van der Waals surface area contributed by atoms with Crippen molar-refractivity contribution in [2.75, 3.05) is 6.61 Å². The summed E-state index contributed by atoms with van der Waals surface area (Å²) < 4.78 is 10.0. The highest BCUT2D eigenvalue weighted by Crippen LogP contribution is 2.25. The monoisotopic (exact) mass is 276 g/mol. The van der Waals surface area contributed by atoms with Crippen molar-refractivity contribution in [3.05, 3.63) is 34.3 Å². The second-order valence-electron chi connectivity index (χ2n) is 5.32. The minimum atomic E-state index is -0.478. The maximum atomic E-state index is 11.8. The molecule has 1 aliphatic heterocycles. The molecule has 0 aliphatic carbocycles. The lowest BCUT2D eigenvalue weighted by Gasteiger charge is -2.22. The quantitative estimate of drug-likeness (QED) is 0.825. The molecule has 0 saturated carbocycles. The summed E-state index contributed by atoms with van der Waals surface area (Å²) in [5.41, 5.74) is 2.05. The number of hydrogen-bond donors (Lipinski definition) is 2. The van der Waals surface area contributed by atoms with Gasteiger partial charge in [0.2, 0.25) is 0 Å². The lowest BCUT2D eigenvalue weighted by atomic mass is 9.95. The van der Waals surface area contributed by atoms with Crippen LogP contribution in [-0.4, -0.2) is 23.6 Å². The Bertz CT molecular complexity index is 697. The van der Waals surface area contributed by atoms with Crippen LogP contribution in [0.2, 0.25) is 0 Å². The fourth-order valence-electron chi connectivity index (χ4n) is 2.24. The molecule has 1 amide bonds. The number of aromatic amines is 1. The Morgan fingerprint density at radius 3 is 2.85 bits per heavy atom. The molecule has 106 valence electrons. The minimum Gasteiger partial charge on any atom is -0.408 e. The number of aromatic nitrogens is 1. The first-order valence-corrected chi connectivity index (χ1v) is 6.59. The molecule has 2 heterocycles. The molecule has 1 saturated heterocycles. The van der Waals surface area contributed by atoms with Gasteiger partial charge in [-0.15, -0.1) is 0 Å². The van der Waals surface area contributed by atoms with Gasteiger partial charge in [-0.2, -0.15) is 0 Å². The van der Waals surface area contributed by atoms with Crippen LogP contribution in [0.15, 0.2) is 27.4 Å². The number of H-pyrrole nitrogens is 1. The van der Waals surface area contributed by atoms with Crippen molar-refractivity contribution in [1.82, 2.24) is 10.3 Å². The molecule has 1 fully saturated rings. The summed E-state index contributed by atoms with van der Waals surface area (Å²) in [6, 6.07) is 5.31. The molecule has 0 spiro atoms. The van der Waals surface area contributed by atoms with Gasteiger partial charge < -0.3 is 14.5 Å². The Morgan fingerprint density at radius 2 is 2.20 bits per heavy atom. The molecule has 20 heavy (non-hydrogen) atoms. The first-order chi connectivity index (χ1) is 9.54. The van der Waals surface area contributed by atoms with Gasteiger partial charge in [0.05, 0.1) is 18.2 Å². The number of oxazole rings is 1. The van der Waals surface area contributed by atoms with E-state index in [0.29, 0.717) is 17.7 Å². The molecular weight excluding hydrogens is 260 g/mol. The van der Waals surface area contributed by atoms with Crippen LogP contribution in [0, 0.1) is 5.92 Å². The van der Waals surface area contributed by atoms with Crippen LogP contribution in [0.5, 0.6) is 0 Å². The zero-order chi connectivity index (χ0) is 14.3. The number of fused-ring (bicyclic) bond motifs is 1. The van der Waals surface area contributed by atoms with Crippen LogP contribution >= 0.6 is 0 Å². The van der Waals surface area contributed by atoms with E-state index in [1.807, 2.05) is 19.9 Å². The number of carbonyl (C=O) groups is 1. The van der Waals surface area contributed by atoms with Crippen molar-refractivity contribution >= 4 is 17.0 Å². The fourth-order valence-corrected chi connectivity index (χ4v) is 2.24. The van der Waals surface area contributed by atoms with Gasteiger partial charge >= 0.3 is 5.76 Å². The highest BCUT2D eigenvalue weighted by atomic mass is 16.6. The Kier molecular flexibility index (Phi) is 3.10. The molecule has 2 N–H and O–H groups in total. The third kappa shape index (κ3) is 2.46. The Balaban J connectivity index is 1.91. The van der Waals surface area contributed by atoms with Crippen molar-refractivity contribution < 1.29 is 13.9 Å². The van der Waals surface area contributed by atoms with Crippen molar-refractivity contribution in [3.63, 3.8) is 0 Å². The third-order valence-corrected chi connectivity index (χ3v) is 3.39. The lowest BCUT2D eigenvalue weighted by Crippen LogP contribution is -2.34. The zero-order valence-electron chi connectivity index (χ0n) is 11.3. The van der Waals surface area contributed by atoms with E-state index in [-0.39, 0.29) is 24.0 Å². The van der Waals surface area contributed by atoms with Crippen LogP contribution in [0.25, 0.3) is 11.1 Å². The smallest absolute Gasteiger partial charge is 0.408 e. The Labute approximate surface area is 115 Å². The van der Waals surface area contributed by atoms with E-state index < -0.39 is 5.76 Å².